The van der Waals surface area contributed by atoms with Crippen LogP contribution in [0.2, 0.25) is 0 Å². The molecule has 1 N–H and O–H groups in total. The van der Waals surface area contributed by atoms with E-state index in [0.29, 0.717) is 6.54 Å². The maximum Gasteiger partial charge on any atom is 0.125 e. The van der Waals surface area contributed by atoms with Crippen LogP contribution < -0.4 is 5.32 Å². The predicted octanol–water partition coefficient (Wildman–Crippen LogP) is 4.67. The molecule has 0 amide bonds. The van der Waals surface area contributed by atoms with E-state index in [1.54, 1.807) is 13.2 Å². The first-order valence-corrected chi connectivity index (χ1v) is 7.70. The largest absolute Gasteiger partial charge is 0.382 e. The molecule has 1 unspecified atom stereocenters. The van der Waals surface area contributed by atoms with Gasteiger partial charge in [-0.3, -0.25) is 0 Å². The van der Waals surface area contributed by atoms with Crippen molar-refractivity contribution in [3.8, 4) is 0 Å². The van der Waals surface area contributed by atoms with Crippen molar-refractivity contribution in [2.75, 3.05) is 19.0 Å². The quantitative estimate of drug-likeness (QED) is 0.867. The molecule has 0 saturated carbocycles. The summed E-state index contributed by atoms with van der Waals surface area (Å²) >= 11 is 0. The number of hydrogen-bond acceptors (Lipinski definition) is 2. The van der Waals surface area contributed by atoms with Gasteiger partial charge in [0.15, 0.2) is 0 Å². The number of rotatable bonds is 5. The molecule has 3 heteroatoms. The Morgan fingerprint density at radius 3 is 2.61 bits per heavy atom. The topological polar surface area (TPSA) is 21.3 Å². The summed E-state index contributed by atoms with van der Waals surface area (Å²) in [6.45, 7) is 0.585. The van der Waals surface area contributed by atoms with E-state index < -0.39 is 5.60 Å². The molecule has 3 rings (SSSR count). The van der Waals surface area contributed by atoms with Crippen LogP contribution in [0.1, 0.15) is 12.0 Å². The van der Waals surface area contributed by atoms with Crippen molar-refractivity contribution in [1.29, 1.82) is 0 Å². The summed E-state index contributed by atoms with van der Waals surface area (Å²) in [6.07, 6.45) is 7.13. The maximum absolute atomic E-state index is 13.3. The molecule has 23 heavy (non-hydrogen) atoms. The van der Waals surface area contributed by atoms with Gasteiger partial charge in [-0.1, -0.05) is 54.6 Å². The molecule has 2 aromatic rings. The lowest BCUT2D eigenvalue weighted by Gasteiger charge is -2.31. The number of ether oxygens (including phenoxy) is 1. The van der Waals surface area contributed by atoms with E-state index in [9.17, 15) is 4.39 Å². The smallest absolute Gasteiger partial charge is 0.125 e. The van der Waals surface area contributed by atoms with Gasteiger partial charge < -0.3 is 10.1 Å². The normalized spacial score (nSPS) is 20.2. The van der Waals surface area contributed by atoms with Gasteiger partial charge in [-0.15, -0.1) is 0 Å². The molecule has 0 radical (unpaired) electrons. The fraction of sp³-hybridized carbons (Fsp3) is 0.200. The molecule has 1 aliphatic carbocycles. The van der Waals surface area contributed by atoms with Crippen molar-refractivity contribution in [2.24, 2.45) is 0 Å². The van der Waals surface area contributed by atoms with Gasteiger partial charge in [0.25, 0.3) is 0 Å². The molecule has 118 valence electrons. The zero-order valence-corrected chi connectivity index (χ0v) is 13.1. The van der Waals surface area contributed by atoms with E-state index in [4.69, 9.17) is 4.74 Å². The van der Waals surface area contributed by atoms with E-state index in [2.05, 4.69) is 35.7 Å². The molecule has 0 saturated heterocycles. The van der Waals surface area contributed by atoms with Crippen molar-refractivity contribution in [3.05, 3.63) is 84.2 Å². The Balaban J connectivity index is 1.69. The molecule has 0 spiro atoms. The van der Waals surface area contributed by atoms with Crippen molar-refractivity contribution < 1.29 is 9.13 Å². The molecule has 2 aromatic carbocycles. The molecule has 0 aliphatic heterocycles. The summed E-state index contributed by atoms with van der Waals surface area (Å²) < 4.78 is 19.0. The fourth-order valence-electron chi connectivity index (χ4n) is 2.71. The van der Waals surface area contributed by atoms with Crippen LogP contribution in [0.15, 0.2) is 72.8 Å². The summed E-state index contributed by atoms with van der Waals surface area (Å²) in [6, 6.07) is 16.8. The molecule has 1 aliphatic rings. The van der Waals surface area contributed by atoms with E-state index in [1.807, 2.05) is 24.3 Å². The number of hydrogen-bond donors (Lipinski definition) is 1. The van der Waals surface area contributed by atoms with Crippen LogP contribution in [0.3, 0.4) is 0 Å². The van der Waals surface area contributed by atoms with Crippen molar-refractivity contribution in [1.82, 2.24) is 0 Å². The second-order valence-electron chi connectivity index (χ2n) is 5.70. The van der Waals surface area contributed by atoms with Crippen LogP contribution in [0.25, 0.3) is 5.57 Å². The van der Waals surface area contributed by atoms with Gasteiger partial charge in [-0.2, -0.15) is 0 Å². The first-order valence-electron chi connectivity index (χ1n) is 7.70. The van der Waals surface area contributed by atoms with Crippen molar-refractivity contribution >= 4 is 11.3 Å². The molecule has 0 aromatic heterocycles. The van der Waals surface area contributed by atoms with Gasteiger partial charge in [0.2, 0.25) is 0 Å². The predicted molar refractivity (Wildman–Crippen MR) is 92.8 cm³/mol. The van der Waals surface area contributed by atoms with Gasteiger partial charge in [-0.25, -0.2) is 4.39 Å². The molecular weight excluding hydrogens is 289 g/mol. The van der Waals surface area contributed by atoms with Gasteiger partial charge in [0, 0.05) is 25.8 Å². The average Bonchev–Trinajstić information content (AvgIpc) is 2.61. The van der Waals surface area contributed by atoms with E-state index >= 15 is 0 Å². The SMILES string of the molecule is COC1(CNc2cccc(F)c2)C=CC(c2ccccc2)=CC1. The van der Waals surface area contributed by atoms with Crippen molar-refractivity contribution in [3.63, 3.8) is 0 Å². The van der Waals surface area contributed by atoms with E-state index in [0.717, 1.165) is 12.1 Å². The van der Waals surface area contributed by atoms with E-state index in [1.165, 1.54) is 23.3 Å². The standard InChI is InChI=1S/C20H20FNO/c1-23-20(15-22-19-9-5-8-18(21)14-19)12-10-17(11-13-20)16-6-3-2-4-7-16/h2-12,14,22H,13,15H2,1H3. The van der Waals surface area contributed by atoms with Gasteiger partial charge in [-0.05, 0) is 29.3 Å². The highest BCUT2D eigenvalue weighted by Gasteiger charge is 2.28. The Labute approximate surface area is 136 Å². The Hall–Kier alpha value is -2.39. The van der Waals surface area contributed by atoms with Gasteiger partial charge in [0.1, 0.15) is 11.4 Å². The molecule has 1 atom stereocenters. The Morgan fingerprint density at radius 1 is 1.13 bits per heavy atom. The minimum absolute atomic E-state index is 0.244. The van der Waals surface area contributed by atoms with Crippen LogP contribution in [-0.2, 0) is 4.74 Å². The molecule has 0 bridgehead atoms. The third-order valence-electron chi connectivity index (χ3n) is 4.16. The lowest BCUT2D eigenvalue weighted by atomic mass is 9.89. The number of allylic oxidation sites excluding steroid dienone is 2. The van der Waals surface area contributed by atoms with Gasteiger partial charge >= 0.3 is 0 Å². The summed E-state index contributed by atoms with van der Waals surface area (Å²) in [5, 5.41) is 3.26. The summed E-state index contributed by atoms with van der Waals surface area (Å²) in [5.41, 5.74) is 2.74. The second kappa shape index (κ2) is 6.80. The van der Waals surface area contributed by atoms with Crippen LogP contribution in [0, 0.1) is 5.82 Å². The Morgan fingerprint density at radius 2 is 1.96 bits per heavy atom. The van der Waals surface area contributed by atoms with Gasteiger partial charge in [0.05, 0.1) is 0 Å². The zero-order chi connectivity index (χ0) is 16.1. The fourth-order valence-corrected chi connectivity index (χ4v) is 2.71. The summed E-state index contributed by atoms with van der Waals surface area (Å²) in [7, 11) is 1.71. The molecule has 0 fully saturated rings. The maximum atomic E-state index is 13.3. The highest BCUT2D eigenvalue weighted by Crippen LogP contribution is 2.29. The lowest BCUT2D eigenvalue weighted by Crippen LogP contribution is -2.37. The van der Waals surface area contributed by atoms with Crippen molar-refractivity contribution in [2.45, 2.75) is 12.0 Å². The summed E-state index contributed by atoms with van der Waals surface area (Å²) in [4.78, 5) is 0. The number of nitrogens with one attached hydrogen (secondary N) is 1. The van der Waals surface area contributed by atoms with Crippen LogP contribution in [0.5, 0.6) is 0 Å². The number of benzene rings is 2. The highest BCUT2D eigenvalue weighted by atomic mass is 19.1. The summed E-state index contributed by atoms with van der Waals surface area (Å²) in [5.74, 6) is -0.244. The third-order valence-corrected chi connectivity index (χ3v) is 4.16. The molecule has 0 heterocycles. The monoisotopic (exact) mass is 309 g/mol. The Kier molecular flexibility index (Phi) is 4.58. The zero-order valence-electron chi connectivity index (χ0n) is 13.1. The number of methoxy groups -OCH3 is 1. The first kappa shape index (κ1) is 15.5. The Bertz CT molecular complexity index is 723. The number of halogens is 1. The molecular formula is C20H20FNO. The minimum Gasteiger partial charge on any atom is -0.382 e. The lowest BCUT2D eigenvalue weighted by molar-refractivity contribution is 0.0455. The average molecular weight is 309 g/mol. The molecule has 2 nitrogen and oxygen atoms in total. The minimum atomic E-state index is -0.412. The first-order chi connectivity index (χ1) is 11.2. The second-order valence-corrected chi connectivity index (χ2v) is 5.70. The third kappa shape index (κ3) is 3.69. The highest BCUT2D eigenvalue weighted by molar-refractivity contribution is 5.75. The van der Waals surface area contributed by atoms with Crippen LogP contribution >= 0.6 is 0 Å². The van der Waals surface area contributed by atoms with E-state index in [-0.39, 0.29) is 5.82 Å². The van der Waals surface area contributed by atoms with Crippen LogP contribution in [0.4, 0.5) is 10.1 Å². The number of anilines is 1. The van der Waals surface area contributed by atoms with Crippen LogP contribution in [-0.4, -0.2) is 19.3 Å².